The third-order valence-electron chi connectivity index (χ3n) is 7.21. The second-order valence-corrected chi connectivity index (χ2v) is 10.1. The summed E-state index contributed by atoms with van der Waals surface area (Å²) in [7, 11) is 4.20. The maximum atomic E-state index is 12.4. The van der Waals surface area contributed by atoms with Gasteiger partial charge < -0.3 is 15.5 Å². The van der Waals surface area contributed by atoms with Gasteiger partial charge in [-0.2, -0.15) is 0 Å². The molecule has 3 aliphatic rings. The maximum absolute atomic E-state index is 12.4. The Morgan fingerprint density at radius 2 is 2.11 bits per heavy atom. The van der Waals surface area contributed by atoms with Crippen molar-refractivity contribution in [3.8, 4) is 0 Å². The molecular weight excluding hydrogens is 436 g/mol. The number of amidine groups is 1. The van der Waals surface area contributed by atoms with E-state index in [1.54, 1.807) is 0 Å². The molecule has 0 saturated carbocycles. The molecule has 35 heavy (non-hydrogen) atoms. The monoisotopic (exact) mass is 476 g/mol. The predicted octanol–water partition coefficient (Wildman–Crippen LogP) is 3.81. The summed E-state index contributed by atoms with van der Waals surface area (Å²) >= 11 is 0. The van der Waals surface area contributed by atoms with Crippen LogP contribution in [0.2, 0.25) is 0 Å². The molecule has 1 aromatic heterocycles. The molecule has 2 N–H and O–H groups in total. The third kappa shape index (κ3) is 6.82. The summed E-state index contributed by atoms with van der Waals surface area (Å²) < 4.78 is 0. The Kier molecular flexibility index (Phi) is 8.74. The molecule has 0 spiro atoms. The molecule has 2 aliphatic heterocycles. The minimum atomic E-state index is 0.0225. The van der Waals surface area contributed by atoms with Crippen molar-refractivity contribution >= 4 is 11.7 Å². The Labute approximate surface area is 210 Å². The van der Waals surface area contributed by atoms with Crippen LogP contribution in [0.5, 0.6) is 0 Å². The summed E-state index contributed by atoms with van der Waals surface area (Å²) in [6.07, 6.45) is 20.0. The van der Waals surface area contributed by atoms with Crippen LogP contribution in [0.25, 0.3) is 0 Å². The van der Waals surface area contributed by atoms with Gasteiger partial charge in [-0.3, -0.25) is 14.8 Å². The summed E-state index contributed by atoms with van der Waals surface area (Å²) in [4.78, 5) is 26.1. The van der Waals surface area contributed by atoms with E-state index in [9.17, 15) is 4.79 Å². The van der Waals surface area contributed by atoms with E-state index in [1.165, 1.54) is 11.3 Å². The lowest BCUT2D eigenvalue weighted by molar-refractivity contribution is -0.121. The van der Waals surface area contributed by atoms with E-state index in [2.05, 4.69) is 70.4 Å². The zero-order chi connectivity index (χ0) is 24.6. The Balaban J connectivity index is 1.55. The lowest BCUT2D eigenvalue weighted by Crippen LogP contribution is -2.58. The van der Waals surface area contributed by atoms with Crippen LogP contribution in [0, 0.1) is 11.8 Å². The molecule has 0 aromatic carbocycles. The van der Waals surface area contributed by atoms with E-state index in [-0.39, 0.29) is 12.2 Å². The van der Waals surface area contributed by atoms with Crippen LogP contribution in [0.3, 0.4) is 0 Å². The highest BCUT2D eigenvalue weighted by Gasteiger charge is 2.29. The highest BCUT2D eigenvalue weighted by atomic mass is 16.1. The fourth-order valence-corrected chi connectivity index (χ4v) is 5.37. The number of hydrogen-bond acceptors (Lipinski definition) is 6. The first-order valence-electron chi connectivity index (χ1n) is 13.0. The molecule has 0 fully saturated rings. The van der Waals surface area contributed by atoms with Crippen LogP contribution in [0.1, 0.15) is 56.1 Å². The largest absolute Gasteiger partial charge is 0.356 e. The van der Waals surface area contributed by atoms with Crippen molar-refractivity contribution in [2.45, 2.75) is 57.7 Å². The van der Waals surface area contributed by atoms with Crippen LogP contribution in [-0.4, -0.2) is 60.1 Å². The van der Waals surface area contributed by atoms with Crippen LogP contribution in [-0.2, 0) is 11.2 Å². The number of nitrogens with one attached hydrogen (secondary N) is 2. The average Bonchev–Trinajstić information content (AvgIpc) is 2.84. The number of aromatic nitrogens is 1. The number of carbonyl (C=O) groups is 1. The van der Waals surface area contributed by atoms with Crippen LogP contribution < -0.4 is 10.6 Å². The van der Waals surface area contributed by atoms with Crippen molar-refractivity contribution in [2.24, 2.45) is 16.8 Å². The fraction of sp³-hybridized carbons (Fsp3) is 0.536. The number of nitrogens with zero attached hydrogens (tertiary/aromatic N) is 4. The first-order chi connectivity index (χ1) is 17.0. The molecule has 1 amide bonds. The smallest absolute Gasteiger partial charge is 0.219 e. The van der Waals surface area contributed by atoms with Gasteiger partial charge in [-0.05, 0) is 81.5 Å². The summed E-state index contributed by atoms with van der Waals surface area (Å²) in [6, 6.07) is 2.18. The van der Waals surface area contributed by atoms with E-state index >= 15 is 0 Å². The quantitative estimate of drug-likeness (QED) is 0.635. The van der Waals surface area contributed by atoms with Crippen molar-refractivity contribution in [2.75, 3.05) is 27.3 Å². The molecule has 3 unspecified atom stereocenters. The van der Waals surface area contributed by atoms with Gasteiger partial charge in [-0.15, -0.1) is 6.58 Å². The second-order valence-electron chi connectivity index (χ2n) is 10.1. The molecule has 7 heteroatoms. The number of pyridine rings is 1. The first-order valence-corrected chi connectivity index (χ1v) is 13.0. The van der Waals surface area contributed by atoms with Crippen LogP contribution in [0.15, 0.2) is 60.0 Å². The molecule has 3 atom stereocenters. The fourth-order valence-electron chi connectivity index (χ4n) is 5.37. The van der Waals surface area contributed by atoms with Crippen molar-refractivity contribution < 1.29 is 4.79 Å². The Morgan fingerprint density at radius 3 is 2.97 bits per heavy atom. The molecule has 4 rings (SSSR count). The summed E-state index contributed by atoms with van der Waals surface area (Å²) in [5, 5.41) is 6.88. The summed E-state index contributed by atoms with van der Waals surface area (Å²) in [6.45, 7) is 5.30. The molecular formula is C28H40N6O. The zero-order valence-electron chi connectivity index (χ0n) is 21.2. The number of allylic oxidation sites excluding steroid dienone is 5. The van der Waals surface area contributed by atoms with Gasteiger partial charge in [-0.25, -0.2) is 4.90 Å². The number of aryl methyl sites for hydroxylation is 1. The standard InChI is InChI=1S/C28H40N6O/c1-4-8-21-9-6-13-26(35)30-14-7-11-23-16-24(19-29-18-23)27-31-20-33(2)28(34(27)3)32-25-12-5-10-22(15-21)17-25/h4-5,10,12,16,18-19,21-22,28,32H,1,6-9,11,13-15,17,20H2,2-3H3,(H,30,35). The molecule has 188 valence electrons. The molecule has 3 heterocycles. The first kappa shape index (κ1) is 25.2. The molecule has 1 aromatic rings. The van der Waals surface area contributed by atoms with Crippen molar-refractivity contribution in [3.05, 3.63) is 66.2 Å². The van der Waals surface area contributed by atoms with Crippen molar-refractivity contribution in [1.29, 1.82) is 0 Å². The van der Waals surface area contributed by atoms with E-state index in [0.29, 0.717) is 31.5 Å². The normalized spacial score (nSPS) is 26.6. The van der Waals surface area contributed by atoms with E-state index in [4.69, 9.17) is 4.99 Å². The van der Waals surface area contributed by atoms with Gasteiger partial charge >= 0.3 is 0 Å². The number of fused-ring (bicyclic) bond motifs is 7. The maximum Gasteiger partial charge on any atom is 0.219 e. The lowest BCUT2D eigenvalue weighted by atomic mass is 9.84. The number of rotatable bonds is 2. The second kappa shape index (κ2) is 12.2. The Morgan fingerprint density at radius 1 is 1.23 bits per heavy atom. The average molecular weight is 477 g/mol. The lowest BCUT2D eigenvalue weighted by Gasteiger charge is -2.42. The van der Waals surface area contributed by atoms with Crippen LogP contribution >= 0.6 is 0 Å². The third-order valence-corrected chi connectivity index (χ3v) is 7.21. The van der Waals surface area contributed by atoms with Crippen molar-refractivity contribution in [1.82, 2.24) is 25.4 Å². The number of amides is 1. The molecule has 6 bridgehead atoms. The predicted molar refractivity (Wildman–Crippen MR) is 142 cm³/mol. The molecule has 0 radical (unpaired) electrons. The molecule has 1 aliphatic carbocycles. The zero-order valence-corrected chi connectivity index (χ0v) is 21.2. The van der Waals surface area contributed by atoms with Gasteiger partial charge in [0, 0.05) is 43.7 Å². The highest BCUT2D eigenvalue weighted by molar-refractivity contribution is 5.99. The highest BCUT2D eigenvalue weighted by Crippen LogP contribution is 2.29. The van der Waals surface area contributed by atoms with Gasteiger partial charge in [0.05, 0.1) is 6.67 Å². The van der Waals surface area contributed by atoms with Gasteiger partial charge in [0.2, 0.25) is 5.91 Å². The number of aliphatic imine (C=N–C) groups is 1. The Bertz CT molecular complexity index is 983. The van der Waals surface area contributed by atoms with Gasteiger partial charge in [-0.1, -0.05) is 18.2 Å². The molecule has 7 nitrogen and oxygen atoms in total. The van der Waals surface area contributed by atoms with E-state index in [1.807, 2.05) is 18.5 Å². The SMILES string of the molecule is C=CCC1CCCC(=O)NCCCc2cncc(c2)C2=NCN(C)C(NC3=CC=CC(C3)C1)N2C. The molecule has 0 saturated heterocycles. The number of carbonyl (C=O) groups excluding carboxylic acids is 1. The van der Waals surface area contributed by atoms with E-state index in [0.717, 1.165) is 56.3 Å². The topological polar surface area (TPSA) is 72.9 Å². The van der Waals surface area contributed by atoms with Gasteiger partial charge in [0.25, 0.3) is 0 Å². The van der Waals surface area contributed by atoms with Crippen molar-refractivity contribution in [3.63, 3.8) is 0 Å². The number of hydrogen-bond donors (Lipinski definition) is 2. The van der Waals surface area contributed by atoms with E-state index < -0.39 is 0 Å². The Hall–Kier alpha value is -2.93. The van der Waals surface area contributed by atoms with Crippen LogP contribution in [0.4, 0.5) is 0 Å². The van der Waals surface area contributed by atoms with Gasteiger partial charge in [0.15, 0.2) is 6.29 Å². The minimum Gasteiger partial charge on any atom is -0.356 e. The summed E-state index contributed by atoms with van der Waals surface area (Å²) in [5.74, 6) is 2.15. The summed E-state index contributed by atoms with van der Waals surface area (Å²) in [5.41, 5.74) is 3.45. The van der Waals surface area contributed by atoms with Gasteiger partial charge in [0.1, 0.15) is 5.84 Å². The minimum absolute atomic E-state index is 0.0225.